The Balaban J connectivity index is 0.00000576. The highest BCUT2D eigenvalue weighted by atomic mass is 127. The lowest BCUT2D eigenvalue weighted by atomic mass is 10.0. The summed E-state index contributed by atoms with van der Waals surface area (Å²) in [4.78, 5) is 16.3. The molecule has 3 N–H and O–H groups in total. The molecular formula is C17H31IN4O2S. The third-order valence-corrected chi connectivity index (χ3v) is 3.95. The number of rotatable bonds is 9. The summed E-state index contributed by atoms with van der Waals surface area (Å²) in [5.41, 5.74) is 1.19. The average molecular weight is 482 g/mol. The fraction of sp³-hybridized carbons (Fsp3) is 0.647. The van der Waals surface area contributed by atoms with Crippen molar-refractivity contribution in [3.8, 4) is 0 Å². The molecule has 144 valence electrons. The van der Waals surface area contributed by atoms with E-state index in [9.17, 15) is 4.79 Å². The van der Waals surface area contributed by atoms with E-state index < -0.39 is 0 Å². The van der Waals surface area contributed by atoms with E-state index in [-0.39, 0.29) is 36.1 Å². The average Bonchev–Trinajstić information content (AvgIpc) is 3.03. The minimum Gasteiger partial charge on any atom is -0.450 e. The highest BCUT2D eigenvalue weighted by Crippen LogP contribution is 2.07. The van der Waals surface area contributed by atoms with Crippen LogP contribution in [-0.2, 0) is 11.3 Å². The molecule has 1 amide bonds. The first kappa shape index (κ1) is 24.0. The molecular weight excluding hydrogens is 451 g/mol. The van der Waals surface area contributed by atoms with Crippen molar-refractivity contribution < 1.29 is 9.53 Å². The van der Waals surface area contributed by atoms with E-state index in [0.29, 0.717) is 25.6 Å². The SMILES string of the molecule is CCNC(=NCc1ccsc1)NCC(CC(C)C)NC(=O)OCC.I. The molecule has 0 aliphatic rings. The molecule has 0 saturated carbocycles. The number of alkyl carbamates (subject to hydrolysis) is 1. The van der Waals surface area contributed by atoms with Gasteiger partial charge >= 0.3 is 6.09 Å². The molecule has 0 spiro atoms. The Labute approximate surface area is 172 Å². The lowest BCUT2D eigenvalue weighted by molar-refractivity contribution is 0.146. The van der Waals surface area contributed by atoms with Gasteiger partial charge in [-0.2, -0.15) is 11.3 Å². The molecule has 1 unspecified atom stereocenters. The molecule has 1 aromatic rings. The number of carbonyl (C=O) groups excluding carboxylic acids is 1. The topological polar surface area (TPSA) is 74.8 Å². The fourth-order valence-corrected chi connectivity index (χ4v) is 2.88. The number of hydrogen-bond acceptors (Lipinski definition) is 4. The van der Waals surface area contributed by atoms with Crippen LogP contribution in [0.15, 0.2) is 21.8 Å². The summed E-state index contributed by atoms with van der Waals surface area (Å²) >= 11 is 1.67. The van der Waals surface area contributed by atoms with E-state index in [1.807, 2.05) is 12.3 Å². The Kier molecular flexibility index (Phi) is 13.6. The molecule has 0 radical (unpaired) electrons. The van der Waals surface area contributed by atoms with Crippen LogP contribution < -0.4 is 16.0 Å². The molecule has 6 nitrogen and oxygen atoms in total. The summed E-state index contributed by atoms with van der Waals surface area (Å²) in [5.74, 6) is 1.23. The van der Waals surface area contributed by atoms with Crippen molar-refractivity contribution in [2.45, 2.75) is 46.7 Å². The summed E-state index contributed by atoms with van der Waals surface area (Å²) in [6, 6.07) is 2.07. The zero-order valence-corrected chi connectivity index (χ0v) is 18.6. The van der Waals surface area contributed by atoms with Crippen LogP contribution in [0.25, 0.3) is 0 Å². The molecule has 0 bridgehead atoms. The fourth-order valence-electron chi connectivity index (χ4n) is 2.22. The van der Waals surface area contributed by atoms with Gasteiger partial charge in [0.2, 0.25) is 0 Å². The minimum atomic E-state index is -0.370. The summed E-state index contributed by atoms with van der Waals surface area (Å²) in [7, 11) is 0. The standard InChI is InChI=1S/C17H30N4O2S.HI/c1-5-18-16(19-10-14-7-8-24-12-14)20-11-15(9-13(3)4)21-17(22)23-6-2;/h7-8,12-13,15H,5-6,9-11H2,1-4H3,(H,21,22)(H2,18,19,20);1H. The predicted octanol–water partition coefficient (Wildman–Crippen LogP) is 3.58. The summed E-state index contributed by atoms with van der Waals surface area (Å²) in [6.07, 6.45) is 0.501. The predicted molar refractivity (Wildman–Crippen MR) is 116 cm³/mol. The molecule has 1 atom stereocenters. The molecule has 0 aromatic carbocycles. The van der Waals surface area contributed by atoms with E-state index in [1.165, 1.54) is 5.56 Å². The Morgan fingerprint density at radius 1 is 1.32 bits per heavy atom. The van der Waals surface area contributed by atoms with Gasteiger partial charge in [-0.15, -0.1) is 24.0 Å². The lowest BCUT2D eigenvalue weighted by Crippen LogP contribution is -2.47. The van der Waals surface area contributed by atoms with Crippen molar-refractivity contribution in [2.75, 3.05) is 19.7 Å². The summed E-state index contributed by atoms with van der Waals surface area (Å²) in [6.45, 7) is 10.5. The third kappa shape index (κ3) is 11.2. The van der Waals surface area contributed by atoms with Gasteiger partial charge in [-0.3, -0.25) is 0 Å². The Hall–Kier alpha value is -1.03. The van der Waals surface area contributed by atoms with Gasteiger partial charge in [0.15, 0.2) is 5.96 Å². The molecule has 1 rings (SSSR count). The molecule has 0 aliphatic carbocycles. The van der Waals surface area contributed by atoms with Crippen molar-refractivity contribution in [1.82, 2.24) is 16.0 Å². The molecule has 0 saturated heterocycles. The zero-order valence-electron chi connectivity index (χ0n) is 15.5. The Morgan fingerprint density at radius 2 is 2.08 bits per heavy atom. The normalized spacial score (nSPS) is 12.3. The lowest BCUT2D eigenvalue weighted by Gasteiger charge is -2.22. The Morgan fingerprint density at radius 3 is 2.64 bits per heavy atom. The van der Waals surface area contributed by atoms with Crippen LogP contribution in [0.2, 0.25) is 0 Å². The first-order chi connectivity index (χ1) is 11.5. The number of nitrogens with one attached hydrogen (secondary N) is 3. The number of thiophene rings is 1. The van der Waals surface area contributed by atoms with Gasteiger partial charge in [-0.05, 0) is 48.6 Å². The number of ether oxygens (including phenoxy) is 1. The third-order valence-electron chi connectivity index (χ3n) is 3.21. The van der Waals surface area contributed by atoms with Crippen molar-refractivity contribution in [3.63, 3.8) is 0 Å². The molecule has 1 aromatic heterocycles. The first-order valence-electron chi connectivity index (χ1n) is 8.51. The van der Waals surface area contributed by atoms with E-state index in [4.69, 9.17) is 4.74 Å². The first-order valence-corrected chi connectivity index (χ1v) is 9.45. The number of hydrogen-bond donors (Lipinski definition) is 3. The zero-order chi connectivity index (χ0) is 17.8. The van der Waals surface area contributed by atoms with Crippen molar-refractivity contribution in [3.05, 3.63) is 22.4 Å². The molecule has 25 heavy (non-hydrogen) atoms. The quantitative estimate of drug-likeness (QED) is 0.286. The van der Waals surface area contributed by atoms with Crippen LogP contribution >= 0.6 is 35.3 Å². The van der Waals surface area contributed by atoms with Crippen molar-refractivity contribution >= 4 is 47.4 Å². The van der Waals surface area contributed by atoms with E-state index in [1.54, 1.807) is 18.3 Å². The van der Waals surface area contributed by atoms with Crippen LogP contribution in [0.4, 0.5) is 4.79 Å². The number of halogens is 1. The molecule has 1 heterocycles. The molecule has 0 fully saturated rings. The largest absolute Gasteiger partial charge is 0.450 e. The van der Waals surface area contributed by atoms with E-state index in [0.717, 1.165) is 18.9 Å². The van der Waals surface area contributed by atoms with Crippen molar-refractivity contribution in [2.24, 2.45) is 10.9 Å². The highest BCUT2D eigenvalue weighted by molar-refractivity contribution is 14.0. The van der Waals surface area contributed by atoms with Gasteiger partial charge in [0, 0.05) is 19.1 Å². The number of aliphatic imine (C=N–C) groups is 1. The van der Waals surface area contributed by atoms with E-state index >= 15 is 0 Å². The Bertz CT molecular complexity index is 495. The van der Waals surface area contributed by atoms with Crippen LogP contribution in [-0.4, -0.2) is 37.8 Å². The molecule has 8 heteroatoms. The number of nitrogens with zero attached hydrogens (tertiary/aromatic N) is 1. The molecule has 0 aliphatic heterocycles. The maximum atomic E-state index is 11.7. The number of guanidine groups is 1. The van der Waals surface area contributed by atoms with Crippen LogP contribution in [0.3, 0.4) is 0 Å². The smallest absolute Gasteiger partial charge is 0.407 e. The highest BCUT2D eigenvalue weighted by Gasteiger charge is 2.15. The maximum absolute atomic E-state index is 11.7. The summed E-state index contributed by atoms with van der Waals surface area (Å²) in [5, 5.41) is 13.6. The van der Waals surface area contributed by atoms with Crippen LogP contribution in [0.1, 0.15) is 39.7 Å². The second-order valence-electron chi connectivity index (χ2n) is 5.90. The van der Waals surface area contributed by atoms with Gasteiger partial charge in [-0.1, -0.05) is 13.8 Å². The van der Waals surface area contributed by atoms with Gasteiger partial charge in [0.1, 0.15) is 0 Å². The van der Waals surface area contributed by atoms with E-state index in [2.05, 4.69) is 46.2 Å². The van der Waals surface area contributed by atoms with Gasteiger partial charge in [-0.25, -0.2) is 9.79 Å². The van der Waals surface area contributed by atoms with Crippen molar-refractivity contribution in [1.29, 1.82) is 0 Å². The second kappa shape index (κ2) is 14.2. The number of amides is 1. The second-order valence-corrected chi connectivity index (χ2v) is 6.68. The number of carbonyl (C=O) groups is 1. The van der Waals surface area contributed by atoms with Gasteiger partial charge < -0.3 is 20.7 Å². The van der Waals surface area contributed by atoms with Gasteiger partial charge in [0.25, 0.3) is 0 Å². The summed E-state index contributed by atoms with van der Waals surface area (Å²) < 4.78 is 4.98. The monoisotopic (exact) mass is 482 g/mol. The van der Waals surface area contributed by atoms with Crippen LogP contribution in [0.5, 0.6) is 0 Å². The van der Waals surface area contributed by atoms with Gasteiger partial charge in [0.05, 0.1) is 13.2 Å². The minimum absolute atomic E-state index is 0. The maximum Gasteiger partial charge on any atom is 0.407 e. The van der Waals surface area contributed by atoms with Crippen LogP contribution in [0, 0.1) is 5.92 Å².